The number of amides is 1. The first-order chi connectivity index (χ1) is 17.0. The van der Waals surface area contributed by atoms with Crippen molar-refractivity contribution in [2.24, 2.45) is 5.41 Å². The summed E-state index contributed by atoms with van der Waals surface area (Å²) in [5.41, 5.74) is 4.24. The van der Waals surface area contributed by atoms with Crippen LogP contribution in [0.4, 0.5) is 10.1 Å². The van der Waals surface area contributed by atoms with E-state index in [4.69, 9.17) is 4.65 Å². The summed E-state index contributed by atoms with van der Waals surface area (Å²) in [6.07, 6.45) is 3.49. The van der Waals surface area contributed by atoms with Gasteiger partial charge in [0.2, 0.25) is 5.91 Å². The maximum Gasteiger partial charge on any atom is 0.324 e. The quantitative estimate of drug-likeness (QED) is 0.252. The van der Waals surface area contributed by atoms with Crippen LogP contribution in [0.15, 0.2) is 41.3 Å². The van der Waals surface area contributed by atoms with E-state index in [0.29, 0.717) is 0 Å². The molecule has 0 heterocycles. The zero-order chi connectivity index (χ0) is 27.8. The van der Waals surface area contributed by atoms with Crippen LogP contribution in [0, 0.1) is 12.3 Å². The second kappa shape index (κ2) is 10.8. The van der Waals surface area contributed by atoms with Gasteiger partial charge in [0.25, 0.3) is 0 Å². The van der Waals surface area contributed by atoms with Crippen LogP contribution in [0.5, 0.6) is 0 Å². The summed E-state index contributed by atoms with van der Waals surface area (Å²) in [4.78, 5) is 14.5. The lowest BCUT2D eigenvalue weighted by molar-refractivity contribution is -0.118. The Balaban J connectivity index is 1.84. The Bertz CT molecular complexity index is 1130. The Labute approximate surface area is 228 Å². The van der Waals surface area contributed by atoms with Gasteiger partial charge in [-0.2, -0.15) is 0 Å². The summed E-state index contributed by atoms with van der Waals surface area (Å²) in [7, 11) is 0. The second-order valence-electron chi connectivity index (χ2n) is 12.7. The number of rotatable bonds is 10. The van der Waals surface area contributed by atoms with Crippen molar-refractivity contribution >= 4 is 35.7 Å². The van der Waals surface area contributed by atoms with Gasteiger partial charge in [-0.15, -0.1) is 0 Å². The fourth-order valence-electron chi connectivity index (χ4n) is 4.55. The van der Waals surface area contributed by atoms with E-state index in [0.717, 1.165) is 58.4 Å². The fourth-order valence-corrected chi connectivity index (χ4v) is 5.56. The Kier molecular flexibility index (Phi) is 8.66. The van der Waals surface area contributed by atoms with Crippen molar-refractivity contribution in [3.05, 3.63) is 53.1 Å². The SMILES string of the molecule is CCCc1ccc(C2(C(=O)Nc3ccc(C)c(B(C)OC(C)(C)C(C)(C)C)c3)CC2)cc1SC(C)(C)F. The highest BCUT2D eigenvalue weighted by atomic mass is 32.2. The Morgan fingerprint density at radius 3 is 2.27 bits per heavy atom. The van der Waals surface area contributed by atoms with Crippen LogP contribution in [0.25, 0.3) is 0 Å². The number of hydrogen-bond acceptors (Lipinski definition) is 3. The average Bonchev–Trinajstić information content (AvgIpc) is 3.56. The number of nitrogens with one attached hydrogen (secondary N) is 1. The van der Waals surface area contributed by atoms with Crippen LogP contribution in [-0.4, -0.2) is 23.4 Å². The lowest BCUT2D eigenvalue weighted by atomic mass is 9.60. The minimum Gasteiger partial charge on any atom is -0.426 e. The number of benzene rings is 2. The molecule has 0 bridgehead atoms. The van der Waals surface area contributed by atoms with Crippen molar-refractivity contribution in [3.8, 4) is 0 Å². The van der Waals surface area contributed by atoms with Crippen LogP contribution < -0.4 is 10.8 Å². The number of carbonyl (C=O) groups excluding carboxylic acids is 1. The standard InChI is InChI=1S/C31H45BFNO2S/c1-11-12-22-14-15-23(19-26(22)37-30(8,9)33)31(17-18-31)27(35)34-24-16-13-21(2)25(20-24)32(10)36-29(6,7)28(3,4)5/h13-16,19-20H,11-12,17-18H2,1-10H3,(H,34,35). The van der Waals surface area contributed by atoms with Crippen LogP contribution in [0.1, 0.15) is 91.3 Å². The molecule has 1 aliphatic carbocycles. The molecule has 0 saturated heterocycles. The molecule has 6 heteroatoms. The largest absolute Gasteiger partial charge is 0.426 e. The van der Waals surface area contributed by atoms with Crippen molar-refractivity contribution in [1.29, 1.82) is 0 Å². The summed E-state index contributed by atoms with van der Waals surface area (Å²) < 4.78 is 21.1. The number of anilines is 1. The van der Waals surface area contributed by atoms with Crippen LogP contribution in [-0.2, 0) is 21.3 Å². The molecule has 3 rings (SSSR count). The first-order valence-electron chi connectivity index (χ1n) is 13.6. The van der Waals surface area contributed by atoms with Crippen molar-refractivity contribution in [2.45, 2.75) is 116 Å². The molecule has 1 fully saturated rings. The zero-order valence-electron chi connectivity index (χ0n) is 24.5. The van der Waals surface area contributed by atoms with E-state index in [-0.39, 0.29) is 23.8 Å². The van der Waals surface area contributed by atoms with Gasteiger partial charge in [0.15, 0.2) is 5.00 Å². The summed E-state index contributed by atoms with van der Waals surface area (Å²) in [6, 6.07) is 12.3. The van der Waals surface area contributed by atoms with Gasteiger partial charge in [-0.1, -0.05) is 76.5 Å². The lowest BCUT2D eigenvalue weighted by Crippen LogP contribution is -2.47. The third kappa shape index (κ3) is 7.00. The van der Waals surface area contributed by atoms with Gasteiger partial charge in [0.1, 0.15) is 0 Å². The maximum absolute atomic E-state index is 14.6. The summed E-state index contributed by atoms with van der Waals surface area (Å²) >= 11 is 1.24. The number of hydrogen-bond donors (Lipinski definition) is 1. The van der Waals surface area contributed by atoms with E-state index in [9.17, 15) is 9.18 Å². The van der Waals surface area contributed by atoms with E-state index in [2.05, 4.69) is 78.8 Å². The fraction of sp³-hybridized carbons (Fsp3) is 0.581. The molecule has 2 aromatic carbocycles. The monoisotopic (exact) mass is 525 g/mol. The van der Waals surface area contributed by atoms with Crippen LogP contribution >= 0.6 is 11.8 Å². The highest BCUT2D eigenvalue weighted by molar-refractivity contribution is 8.00. The molecular weight excluding hydrogens is 480 g/mol. The van der Waals surface area contributed by atoms with Gasteiger partial charge in [-0.05, 0) is 94.1 Å². The van der Waals surface area contributed by atoms with Crippen LogP contribution in [0.3, 0.4) is 0 Å². The molecule has 0 spiro atoms. The smallest absolute Gasteiger partial charge is 0.324 e. The minimum atomic E-state index is -1.38. The molecule has 0 aromatic heterocycles. The molecule has 1 N–H and O–H groups in total. The minimum absolute atomic E-state index is 0.00426. The number of carbonyl (C=O) groups is 1. The van der Waals surface area contributed by atoms with E-state index < -0.39 is 10.4 Å². The molecule has 1 amide bonds. The third-order valence-corrected chi connectivity index (χ3v) is 9.01. The predicted molar refractivity (Wildman–Crippen MR) is 158 cm³/mol. The van der Waals surface area contributed by atoms with Gasteiger partial charge in [-0.3, -0.25) is 4.79 Å². The Morgan fingerprint density at radius 1 is 1.08 bits per heavy atom. The van der Waals surface area contributed by atoms with Gasteiger partial charge in [0, 0.05) is 10.6 Å². The van der Waals surface area contributed by atoms with E-state index in [1.807, 2.05) is 18.2 Å². The molecule has 1 saturated carbocycles. The normalized spacial score (nSPS) is 15.4. The number of halogens is 1. The number of aryl methyl sites for hydroxylation is 2. The van der Waals surface area contributed by atoms with Crippen molar-refractivity contribution in [2.75, 3.05) is 5.32 Å². The molecule has 0 radical (unpaired) electrons. The molecular formula is C31H45BFNO2S. The molecule has 202 valence electrons. The van der Waals surface area contributed by atoms with Crippen LogP contribution in [0.2, 0.25) is 6.82 Å². The van der Waals surface area contributed by atoms with Crippen molar-refractivity contribution in [1.82, 2.24) is 0 Å². The topological polar surface area (TPSA) is 38.3 Å². The second-order valence-corrected chi connectivity index (χ2v) is 14.3. The van der Waals surface area contributed by atoms with E-state index >= 15 is 0 Å². The zero-order valence-corrected chi connectivity index (χ0v) is 25.3. The summed E-state index contributed by atoms with van der Waals surface area (Å²) in [6.45, 7) is 20.2. The third-order valence-electron chi connectivity index (χ3n) is 7.93. The van der Waals surface area contributed by atoms with E-state index in [1.54, 1.807) is 13.8 Å². The Morgan fingerprint density at radius 2 is 1.73 bits per heavy atom. The van der Waals surface area contributed by atoms with Gasteiger partial charge in [-0.25, -0.2) is 4.39 Å². The molecule has 1 aliphatic rings. The van der Waals surface area contributed by atoms with Gasteiger partial charge < -0.3 is 9.97 Å². The van der Waals surface area contributed by atoms with E-state index in [1.165, 1.54) is 11.8 Å². The number of thioether (sulfide) groups is 1. The average molecular weight is 526 g/mol. The van der Waals surface area contributed by atoms with Crippen molar-refractivity contribution < 1.29 is 13.8 Å². The molecule has 0 atom stereocenters. The molecule has 0 aliphatic heterocycles. The predicted octanol–water partition coefficient (Wildman–Crippen LogP) is 8.09. The number of alkyl halides is 1. The first kappa shape index (κ1) is 29.8. The molecule has 0 unspecified atom stereocenters. The summed E-state index contributed by atoms with van der Waals surface area (Å²) in [5.74, 6) is 0.00426. The van der Waals surface area contributed by atoms with Gasteiger partial charge in [0.05, 0.1) is 11.0 Å². The highest BCUT2D eigenvalue weighted by Crippen LogP contribution is 2.50. The van der Waals surface area contributed by atoms with Crippen molar-refractivity contribution in [3.63, 3.8) is 0 Å². The highest BCUT2D eigenvalue weighted by Gasteiger charge is 2.51. The molecule has 37 heavy (non-hydrogen) atoms. The molecule has 3 nitrogen and oxygen atoms in total. The Hall–Kier alpha value is -1.79. The summed E-state index contributed by atoms with van der Waals surface area (Å²) in [5, 5.41) is 1.81. The maximum atomic E-state index is 14.6. The molecule has 2 aromatic rings. The van der Waals surface area contributed by atoms with Gasteiger partial charge >= 0.3 is 6.92 Å². The first-order valence-corrected chi connectivity index (χ1v) is 14.4. The lowest BCUT2D eigenvalue weighted by Gasteiger charge is -2.41.